The minimum absolute atomic E-state index is 0. The van der Waals surface area contributed by atoms with E-state index in [2.05, 4.69) is 4.18 Å². The maximum absolute atomic E-state index is 11.0. The first kappa shape index (κ1) is 16.6. The van der Waals surface area contributed by atoms with Crippen molar-refractivity contribution in [1.82, 2.24) is 0 Å². The van der Waals surface area contributed by atoms with E-state index in [1.807, 2.05) is 0 Å². The Hall–Kier alpha value is 1.13. The van der Waals surface area contributed by atoms with Crippen LogP contribution in [0.5, 0.6) is 0 Å². The third-order valence-corrected chi connectivity index (χ3v) is 2.54. The molecule has 6 heteroatoms. The van der Waals surface area contributed by atoms with E-state index >= 15 is 0 Å². The van der Waals surface area contributed by atoms with E-state index in [0.29, 0.717) is 0 Å². The van der Waals surface area contributed by atoms with Crippen LogP contribution in [0.4, 0.5) is 0 Å². The van der Waals surface area contributed by atoms with E-state index in [-0.39, 0.29) is 64.0 Å². The Balaban J connectivity index is 0. The van der Waals surface area contributed by atoms with Gasteiger partial charge in [-0.2, -0.15) is 8.42 Å². The molecule has 0 bridgehead atoms. The zero-order valence-electron chi connectivity index (χ0n) is 8.02. The molecule has 1 rings (SSSR count). The van der Waals surface area contributed by atoms with Crippen LogP contribution in [0.25, 0.3) is 0 Å². The first-order valence-electron chi connectivity index (χ1n) is 3.02. The zero-order valence-corrected chi connectivity index (χ0v) is 12.8. The van der Waals surface area contributed by atoms with Crippen LogP contribution in [-0.4, -0.2) is 74.6 Å². The Morgan fingerprint density at radius 2 is 1.54 bits per heavy atom. The normalized spacial score (nSPS) is 9.62. The Kier molecular flexibility index (Phi) is 9.46. The third-order valence-electron chi connectivity index (χ3n) is 1.25. The maximum Gasteiger partial charge on any atom is 0.296 e. The van der Waals surface area contributed by atoms with Gasteiger partial charge in [-0.25, -0.2) is 0 Å². The van der Waals surface area contributed by atoms with Gasteiger partial charge in [-0.3, -0.25) is 4.18 Å². The SMILES string of the molecule is COS(=O)(=O)c1ccccc1.[Na].[Na]. The minimum Gasteiger partial charge on any atom is -0.270 e. The fraction of sp³-hybridized carbons (Fsp3) is 0.143. The molecule has 0 spiro atoms. The van der Waals surface area contributed by atoms with Crippen LogP contribution < -0.4 is 0 Å². The van der Waals surface area contributed by atoms with Crippen molar-refractivity contribution in [2.75, 3.05) is 7.11 Å². The van der Waals surface area contributed by atoms with Crippen molar-refractivity contribution in [3.63, 3.8) is 0 Å². The first-order valence-corrected chi connectivity index (χ1v) is 4.43. The summed E-state index contributed by atoms with van der Waals surface area (Å²) in [6, 6.07) is 8.00. The van der Waals surface area contributed by atoms with Crippen molar-refractivity contribution in [2.24, 2.45) is 0 Å². The number of benzene rings is 1. The second kappa shape index (κ2) is 7.43. The molecule has 1 aromatic rings. The summed E-state index contributed by atoms with van der Waals surface area (Å²) in [7, 11) is -2.36. The van der Waals surface area contributed by atoms with Gasteiger partial charge in [0.05, 0.1) is 12.0 Å². The molecule has 1 aromatic carbocycles. The second-order valence-corrected chi connectivity index (χ2v) is 3.65. The summed E-state index contributed by atoms with van der Waals surface area (Å²) in [5, 5.41) is 0. The summed E-state index contributed by atoms with van der Waals surface area (Å²) in [5.74, 6) is 0. The zero-order chi connectivity index (χ0) is 8.32. The summed E-state index contributed by atoms with van der Waals surface area (Å²) in [4.78, 5) is 0.183. The molecule has 0 N–H and O–H groups in total. The van der Waals surface area contributed by atoms with E-state index in [9.17, 15) is 8.42 Å². The van der Waals surface area contributed by atoms with Crippen molar-refractivity contribution in [1.29, 1.82) is 0 Å². The van der Waals surface area contributed by atoms with Crippen molar-refractivity contribution in [3.8, 4) is 0 Å². The average Bonchev–Trinajstić information content (AvgIpc) is 2.06. The van der Waals surface area contributed by atoms with Crippen LogP contribution in [0.2, 0.25) is 0 Å². The number of rotatable bonds is 2. The molecule has 0 aliphatic heterocycles. The molecule has 0 atom stereocenters. The Morgan fingerprint density at radius 3 is 1.92 bits per heavy atom. The van der Waals surface area contributed by atoms with E-state index in [0.717, 1.165) is 7.11 Å². The summed E-state index contributed by atoms with van der Waals surface area (Å²) < 4.78 is 26.3. The van der Waals surface area contributed by atoms with Gasteiger partial charge in [-0.05, 0) is 12.1 Å². The van der Waals surface area contributed by atoms with E-state index in [1.54, 1.807) is 18.2 Å². The van der Waals surface area contributed by atoms with E-state index in [4.69, 9.17) is 0 Å². The summed E-state index contributed by atoms with van der Waals surface area (Å²) in [6.07, 6.45) is 0. The molecule has 0 aromatic heterocycles. The molecule has 0 saturated heterocycles. The van der Waals surface area contributed by atoms with Gasteiger partial charge in [0, 0.05) is 59.1 Å². The molecule has 13 heavy (non-hydrogen) atoms. The van der Waals surface area contributed by atoms with Gasteiger partial charge >= 0.3 is 0 Å². The molecule has 2 radical (unpaired) electrons. The second-order valence-electron chi connectivity index (χ2n) is 1.93. The molecule has 3 nitrogen and oxygen atoms in total. The van der Waals surface area contributed by atoms with Crippen molar-refractivity contribution in [3.05, 3.63) is 30.3 Å². The predicted octanol–water partition coefficient (Wildman–Crippen LogP) is 0.260. The quantitative estimate of drug-likeness (QED) is 0.528. The van der Waals surface area contributed by atoms with Gasteiger partial charge in [0.15, 0.2) is 0 Å². The van der Waals surface area contributed by atoms with Gasteiger partial charge in [-0.1, -0.05) is 18.2 Å². The van der Waals surface area contributed by atoms with Gasteiger partial charge in [0.2, 0.25) is 0 Å². The molecule has 62 valence electrons. The minimum atomic E-state index is -3.50. The molecule has 0 fully saturated rings. The van der Waals surface area contributed by atoms with E-state index in [1.165, 1.54) is 12.1 Å². The molecule has 0 aliphatic carbocycles. The Bertz CT molecular complexity index is 323. The van der Waals surface area contributed by atoms with Gasteiger partial charge in [0.25, 0.3) is 10.1 Å². The summed E-state index contributed by atoms with van der Waals surface area (Å²) >= 11 is 0. The van der Waals surface area contributed by atoms with Crippen LogP contribution in [-0.2, 0) is 14.3 Å². The summed E-state index contributed by atoms with van der Waals surface area (Å²) in [5.41, 5.74) is 0. The Morgan fingerprint density at radius 1 is 1.08 bits per heavy atom. The van der Waals surface area contributed by atoms with Crippen molar-refractivity contribution >= 4 is 69.2 Å². The van der Waals surface area contributed by atoms with Gasteiger partial charge in [-0.15, -0.1) is 0 Å². The molecular formula is C7H8Na2O3S. The van der Waals surface area contributed by atoms with E-state index < -0.39 is 10.1 Å². The maximum atomic E-state index is 11.0. The van der Waals surface area contributed by atoms with Crippen molar-refractivity contribution < 1.29 is 12.6 Å². The van der Waals surface area contributed by atoms with Crippen molar-refractivity contribution in [2.45, 2.75) is 4.90 Å². The van der Waals surface area contributed by atoms with Crippen LogP contribution in [0.15, 0.2) is 35.2 Å². The Labute approximate surface area is 123 Å². The van der Waals surface area contributed by atoms with Crippen LogP contribution >= 0.6 is 0 Å². The summed E-state index contributed by atoms with van der Waals surface area (Å²) in [6.45, 7) is 0. The largest absolute Gasteiger partial charge is 0.296 e. The first-order chi connectivity index (χ1) is 5.17. The monoisotopic (exact) mass is 218 g/mol. The molecular weight excluding hydrogens is 210 g/mol. The van der Waals surface area contributed by atoms with Gasteiger partial charge in [0.1, 0.15) is 0 Å². The molecule has 0 heterocycles. The fourth-order valence-corrected chi connectivity index (χ4v) is 1.37. The van der Waals surface area contributed by atoms with Crippen LogP contribution in [0.3, 0.4) is 0 Å². The molecule has 0 unspecified atom stereocenters. The van der Waals surface area contributed by atoms with Crippen LogP contribution in [0.1, 0.15) is 0 Å². The average molecular weight is 218 g/mol. The molecule has 0 aliphatic rings. The predicted molar refractivity (Wildman–Crippen MR) is 52.1 cm³/mol. The third kappa shape index (κ3) is 4.95. The molecule has 0 amide bonds. The smallest absolute Gasteiger partial charge is 0.270 e. The number of hydrogen-bond acceptors (Lipinski definition) is 3. The van der Waals surface area contributed by atoms with Crippen LogP contribution in [0, 0.1) is 0 Å². The fourth-order valence-electron chi connectivity index (χ4n) is 0.683. The van der Waals surface area contributed by atoms with Gasteiger partial charge < -0.3 is 0 Å². The number of hydrogen-bond donors (Lipinski definition) is 0. The topological polar surface area (TPSA) is 43.4 Å². The molecule has 0 saturated carbocycles. The standard InChI is InChI=1S/C7H8O3S.2Na/c1-10-11(8,9)7-5-3-2-4-6-7;;/h2-6H,1H3;;.